The summed E-state index contributed by atoms with van der Waals surface area (Å²) in [5.41, 5.74) is 1.90. The molecule has 1 fully saturated rings. The third-order valence-electron chi connectivity index (χ3n) is 5.33. The molecule has 1 aromatic carbocycles. The summed E-state index contributed by atoms with van der Waals surface area (Å²) in [7, 11) is 0. The second-order valence-corrected chi connectivity index (χ2v) is 7.41. The number of carbonyl (C=O) groups is 1. The molecule has 2 aliphatic heterocycles. The van der Waals surface area contributed by atoms with Crippen LogP contribution in [0.15, 0.2) is 22.6 Å². The highest BCUT2D eigenvalue weighted by Crippen LogP contribution is 2.31. The Labute approximate surface area is 165 Å². The van der Waals surface area contributed by atoms with Gasteiger partial charge in [-0.05, 0) is 38.0 Å². The van der Waals surface area contributed by atoms with Gasteiger partial charge in [-0.1, -0.05) is 6.07 Å². The van der Waals surface area contributed by atoms with Gasteiger partial charge in [0, 0.05) is 26.2 Å². The van der Waals surface area contributed by atoms with Crippen molar-refractivity contribution >= 4 is 5.91 Å². The lowest BCUT2D eigenvalue weighted by Crippen LogP contribution is -2.36. The van der Waals surface area contributed by atoms with Gasteiger partial charge in [0.25, 0.3) is 0 Å². The number of carbonyl (C=O) groups excluding carboxylic acids is 1. The van der Waals surface area contributed by atoms with Crippen molar-refractivity contribution in [3.05, 3.63) is 41.1 Å². The van der Waals surface area contributed by atoms with Crippen molar-refractivity contribution < 1.29 is 18.7 Å². The maximum Gasteiger partial charge on any atom is 0.227 e. The van der Waals surface area contributed by atoms with E-state index in [1.807, 2.05) is 36.9 Å². The molecule has 0 N–H and O–H groups in total. The molecule has 7 nitrogen and oxygen atoms in total. The number of nitrogens with zero attached hydrogens (tertiary/aromatic N) is 3. The summed E-state index contributed by atoms with van der Waals surface area (Å²) in [6, 6.07) is 5.76. The topological polar surface area (TPSA) is 68.0 Å². The zero-order chi connectivity index (χ0) is 19.5. The molecule has 150 valence electrons. The van der Waals surface area contributed by atoms with Crippen molar-refractivity contribution in [1.29, 1.82) is 0 Å². The maximum atomic E-state index is 12.8. The van der Waals surface area contributed by atoms with Crippen LogP contribution in [0.2, 0.25) is 0 Å². The van der Waals surface area contributed by atoms with E-state index in [0.29, 0.717) is 26.2 Å². The van der Waals surface area contributed by atoms with Crippen LogP contribution in [-0.4, -0.2) is 60.1 Å². The molecule has 0 radical (unpaired) electrons. The molecule has 1 saturated heterocycles. The van der Waals surface area contributed by atoms with E-state index in [2.05, 4.69) is 9.88 Å². The fraction of sp³-hybridized carbons (Fsp3) is 0.524. The van der Waals surface area contributed by atoms with Gasteiger partial charge in [0.1, 0.15) is 19.0 Å². The van der Waals surface area contributed by atoms with Crippen molar-refractivity contribution in [2.45, 2.75) is 33.2 Å². The number of aryl methyl sites for hydroxylation is 2. The van der Waals surface area contributed by atoms with Gasteiger partial charge >= 0.3 is 0 Å². The first-order chi connectivity index (χ1) is 13.6. The normalized spacial score (nSPS) is 17.4. The molecule has 0 bridgehead atoms. The summed E-state index contributed by atoms with van der Waals surface area (Å²) in [6.45, 7) is 8.99. The second kappa shape index (κ2) is 8.22. The third-order valence-corrected chi connectivity index (χ3v) is 5.33. The lowest BCUT2D eigenvalue weighted by Gasteiger charge is -2.22. The predicted octanol–water partition coefficient (Wildman–Crippen LogP) is 2.34. The van der Waals surface area contributed by atoms with Crippen molar-refractivity contribution in [3.63, 3.8) is 0 Å². The van der Waals surface area contributed by atoms with Crippen LogP contribution in [0.1, 0.15) is 29.3 Å². The smallest absolute Gasteiger partial charge is 0.227 e. The summed E-state index contributed by atoms with van der Waals surface area (Å²) in [6.07, 6.45) is 1.33. The van der Waals surface area contributed by atoms with E-state index < -0.39 is 0 Å². The standard InChI is InChI=1S/C21H27N3O4/c1-15-16(2)28-20(22-15)14-23-6-3-7-24(9-8-23)21(25)13-17-4-5-18-19(12-17)27-11-10-26-18/h4-5,12H,3,6-11,13-14H2,1-2H3. The van der Waals surface area contributed by atoms with Crippen LogP contribution in [-0.2, 0) is 17.8 Å². The molecule has 0 unspecified atom stereocenters. The number of ether oxygens (including phenoxy) is 2. The number of fused-ring (bicyclic) bond motifs is 1. The Morgan fingerprint density at radius 1 is 1.07 bits per heavy atom. The lowest BCUT2D eigenvalue weighted by atomic mass is 10.1. The van der Waals surface area contributed by atoms with Crippen LogP contribution in [0.4, 0.5) is 0 Å². The van der Waals surface area contributed by atoms with Crippen molar-refractivity contribution in [3.8, 4) is 11.5 Å². The van der Waals surface area contributed by atoms with E-state index in [0.717, 1.165) is 67.0 Å². The number of hydrogen-bond acceptors (Lipinski definition) is 6. The van der Waals surface area contributed by atoms with E-state index in [1.54, 1.807) is 0 Å². The summed E-state index contributed by atoms with van der Waals surface area (Å²) in [4.78, 5) is 21.5. The number of rotatable bonds is 4. The minimum Gasteiger partial charge on any atom is -0.486 e. The molecule has 1 aromatic heterocycles. The summed E-state index contributed by atoms with van der Waals surface area (Å²) < 4.78 is 16.9. The zero-order valence-electron chi connectivity index (χ0n) is 16.6. The Morgan fingerprint density at radius 2 is 1.89 bits per heavy atom. The molecule has 2 aliphatic rings. The molecular weight excluding hydrogens is 358 g/mol. The first-order valence-electron chi connectivity index (χ1n) is 9.90. The molecule has 3 heterocycles. The van der Waals surface area contributed by atoms with Gasteiger partial charge in [-0.3, -0.25) is 9.69 Å². The average Bonchev–Trinajstić information content (AvgIpc) is 2.87. The Bertz CT molecular complexity index is 829. The van der Waals surface area contributed by atoms with Crippen molar-refractivity contribution in [2.75, 3.05) is 39.4 Å². The SMILES string of the molecule is Cc1nc(CN2CCCN(C(=O)Cc3ccc4c(c3)OCCO4)CC2)oc1C. The van der Waals surface area contributed by atoms with Gasteiger partial charge in [0.2, 0.25) is 11.8 Å². The number of aromatic nitrogens is 1. The Kier molecular flexibility index (Phi) is 5.52. The fourth-order valence-electron chi connectivity index (χ4n) is 3.66. The first kappa shape index (κ1) is 18.8. The second-order valence-electron chi connectivity index (χ2n) is 7.41. The van der Waals surface area contributed by atoms with Gasteiger partial charge < -0.3 is 18.8 Å². The minimum absolute atomic E-state index is 0.154. The number of hydrogen-bond donors (Lipinski definition) is 0. The summed E-state index contributed by atoms with van der Waals surface area (Å²) in [5, 5.41) is 0. The molecule has 28 heavy (non-hydrogen) atoms. The fourth-order valence-corrected chi connectivity index (χ4v) is 3.66. The molecular formula is C21H27N3O4. The van der Waals surface area contributed by atoms with Crippen molar-refractivity contribution in [2.24, 2.45) is 0 Å². The van der Waals surface area contributed by atoms with Crippen LogP contribution in [0, 0.1) is 13.8 Å². The van der Waals surface area contributed by atoms with Crippen LogP contribution in [0.5, 0.6) is 11.5 Å². The van der Waals surface area contributed by atoms with Crippen LogP contribution in [0.25, 0.3) is 0 Å². The maximum absolute atomic E-state index is 12.8. The van der Waals surface area contributed by atoms with Gasteiger partial charge in [-0.25, -0.2) is 4.98 Å². The van der Waals surface area contributed by atoms with E-state index in [1.165, 1.54) is 0 Å². The van der Waals surface area contributed by atoms with Gasteiger partial charge in [-0.15, -0.1) is 0 Å². The van der Waals surface area contributed by atoms with Crippen molar-refractivity contribution in [1.82, 2.24) is 14.8 Å². The molecule has 2 aromatic rings. The summed E-state index contributed by atoms with van der Waals surface area (Å²) in [5.74, 6) is 3.27. The predicted molar refractivity (Wildman–Crippen MR) is 104 cm³/mol. The lowest BCUT2D eigenvalue weighted by molar-refractivity contribution is -0.130. The minimum atomic E-state index is 0.154. The van der Waals surface area contributed by atoms with E-state index in [9.17, 15) is 4.79 Å². The highest BCUT2D eigenvalue weighted by atomic mass is 16.6. The molecule has 1 amide bonds. The molecule has 0 spiro atoms. The zero-order valence-corrected chi connectivity index (χ0v) is 16.6. The number of benzene rings is 1. The summed E-state index contributed by atoms with van der Waals surface area (Å²) >= 11 is 0. The Morgan fingerprint density at radius 3 is 2.68 bits per heavy atom. The Balaban J connectivity index is 1.33. The highest BCUT2D eigenvalue weighted by Gasteiger charge is 2.21. The van der Waals surface area contributed by atoms with Crippen LogP contribution in [0.3, 0.4) is 0 Å². The number of amides is 1. The van der Waals surface area contributed by atoms with E-state index in [-0.39, 0.29) is 5.91 Å². The van der Waals surface area contributed by atoms with Gasteiger partial charge in [0.15, 0.2) is 11.5 Å². The van der Waals surface area contributed by atoms with E-state index in [4.69, 9.17) is 13.9 Å². The van der Waals surface area contributed by atoms with Gasteiger partial charge in [0.05, 0.1) is 18.7 Å². The molecule has 0 aliphatic carbocycles. The number of oxazole rings is 1. The first-order valence-corrected chi connectivity index (χ1v) is 9.90. The highest BCUT2D eigenvalue weighted by molar-refractivity contribution is 5.79. The van der Waals surface area contributed by atoms with E-state index >= 15 is 0 Å². The third kappa shape index (κ3) is 4.30. The molecule has 7 heteroatoms. The molecule has 4 rings (SSSR count). The molecule has 0 atom stereocenters. The quantitative estimate of drug-likeness (QED) is 0.805. The van der Waals surface area contributed by atoms with Gasteiger partial charge in [-0.2, -0.15) is 0 Å². The van der Waals surface area contributed by atoms with Crippen LogP contribution < -0.4 is 9.47 Å². The largest absolute Gasteiger partial charge is 0.486 e. The molecule has 0 saturated carbocycles. The monoisotopic (exact) mass is 385 g/mol. The van der Waals surface area contributed by atoms with Crippen LogP contribution >= 0.6 is 0 Å². The average molecular weight is 385 g/mol. The Hall–Kier alpha value is -2.54.